The van der Waals surface area contributed by atoms with Gasteiger partial charge in [-0.25, -0.2) is 0 Å². The van der Waals surface area contributed by atoms with E-state index >= 15 is 0 Å². The van der Waals surface area contributed by atoms with Gasteiger partial charge in [0.25, 0.3) is 5.91 Å². The van der Waals surface area contributed by atoms with Crippen LogP contribution in [0.3, 0.4) is 0 Å². The summed E-state index contributed by atoms with van der Waals surface area (Å²) in [5, 5.41) is 3.46. The highest BCUT2D eigenvalue weighted by Crippen LogP contribution is 2.39. The normalized spacial score (nSPS) is 15.2. The number of nitrogens with zero attached hydrogens (tertiary/aromatic N) is 2. The van der Waals surface area contributed by atoms with Gasteiger partial charge in [-0.05, 0) is 67.9 Å². The van der Waals surface area contributed by atoms with Crippen LogP contribution in [0.2, 0.25) is 0 Å². The predicted octanol–water partition coefficient (Wildman–Crippen LogP) is 4.57. The topological polar surface area (TPSA) is 63.7 Å². The van der Waals surface area contributed by atoms with Crippen LogP contribution in [0.25, 0.3) is 0 Å². The van der Waals surface area contributed by atoms with Crippen molar-refractivity contribution in [1.82, 2.24) is 4.98 Å². The monoisotopic (exact) mass is 389 g/mol. The Balaban J connectivity index is 1.76. The molecule has 3 aromatic rings. The summed E-state index contributed by atoms with van der Waals surface area (Å²) in [7, 11) is 1.63. The number of anilines is 2. The molecule has 29 heavy (non-hydrogen) atoms. The van der Waals surface area contributed by atoms with E-state index in [2.05, 4.69) is 10.3 Å². The van der Waals surface area contributed by atoms with Crippen LogP contribution in [-0.2, 0) is 0 Å². The molecule has 1 aromatic heterocycles. The van der Waals surface area contributed by atoms with Crippen molar-refractivity contribution < 1.29 is 14.3 Å². The first-order valence-electron chi connectivity index (χ1n) is 9.55. The van der Waals surface area contributed by atoms with Gasteiger partial charge in [0.1, 0.15) is 11.5 Å². The molecule has 0 radical (unpaired) electrons. The molecule has 0 spiro atoms. The number of hydrogen-bond donors (Lipinski definition) is 1. The Hall–Kier alpha value is -3.54. The van der Waals surface area contributed by atoms with E-state index in [4.69, 9.17) is 9.47 Å². The number of carbonyl (C=O) groups is 1. The van der Waals surface area contributed by atoms with Crippen LogP contribution in [-0.4, -0.2) is 24.6 Å². The fourth-order valence-electron chi connectivity index (χ4n) is 3.54. The third kappa shape index (κ3) is 3.49. The number of amides is 1. The van der Waals surface area contributed by atoms with E-state index < -0.39 is 6.17 Å². The van der Waals surface area contributed by atoms with Gasteiger partial charge in [-0.3, -0.25) is 14.7 Å². The van der Waals surface area contributed by atoms with Gasteiger partial charge in [0.05, 0.1) is 30.7 Å². The van der Waals surface area contributed by atoms with Crippen LogP contribution < -0.4 is 19.7 Å². The largest absolute Gasteiger partial charge is 0.495 e. The van der Waals surface area contributed by atoms with E-state index in [0.29, 0.717) is 23.6 Å². The quantitative estimate of drug-likeness (QED) is 0.669. The molecule has 6 nitrogen and oxygen atoms in total. The molecular formula is C23H23N3O3. The molecule has 0 saturated heterocycles. The molecule has 4 rings (SSSR count). The Morgan fingerprint density at radius 2 is 1.93 bits per heavy atom. The van der Waals surface area contributed by atoms with Gasteiger partial charge < -0.3 is 14.8 Å². The molecule has 6 heteroatoms. The summed E-state index contributed by atoms with van der Waals surface area (Å²) in [6, 6.07) is 17.0. The number of rotatable bonds is 6. The van der Waals surface area contributed by atoms with Crippen LogP contribution in [0.4, 0.5) is 11.4 Å². The third-order valence-electron chi connectivity index (χ3n) is 4.88. The van der Waals surface area contributed by atoms with E-state index in [-0.39, 0.29) is 5.91 Å². The van der Waals surface area contributed by atoms with E-state index in [1.165, 1.54) is 0 Å². The van der Waals surface area contributed by atoms with E-state index in [9.17, 15) is 4.79 Å². The molecule has 2 aromatic carbocycles. The summed E-state index contributed by atoms with van der Waals surface area (Å²) in [4.78, 5) is 19.4. The molecule has 0 fully saturated rings. The zero-order valence-corrected chi connectivity index (χ0v) is 16.7. The number of pyridine rings is 1. The average molecular weight is 389 g/mol. The highest BCUT2D eigenvalue weighted by Gasteiger charge is 2.39. The van der Waals surface area contributed by atoms with Crippen molar-refractivity contribution >= 4 is 17.3 Å². The fraction of sp³-hybridized carbons (Fsp3) is 0.217. The number of methoxy groups -OCH3 is 1. The minimum absolute atomic E-state index is 0.0959. The lowest BCUT2D eigenvalue weighted by Gasteiger charge is -2.27. The maximum Gasteiger partial charge on any atom is 0.262 e. The second-order valence-electron chi connectivity index (χ2n) is 6.79. The van der Waals surface area contributed by atoms with Crippen molar-refractivity contribution in [2.45, 2.75) is 20.0 Å². The molecule has 2 heterocycles. The van der Waals surface area contributed by atoms with E-state index in [1.54, 1.807) is 30.3 Å². The van der Waals surface area contributed by atoms with Crippen molar-refractivity contribution in [1.29, 1.82) is 0 Å². The van der Waals surface area contributed by atoms with Gasteiger partial charge in [0, 0.05) is 11.9 Å². The first-order valence-corrected chi connectivity index (χ1v) is 9.55. The summed E-state index contributed by atoms with van der Waals surface area (Å²) >= 11 is 0. The molecule has 148 valence electrons. The highest BCUT2D eigenvalue weighted by atomic mass is 16.5. The van der Waals surface area contributed by atoms with Crippen LogP contribution in [0.5, 0.6) is 11.5 Å². The van der Waals surface area contributed by atoms with Crippen molar-refractivity contribution in [3.8, 4) is 11.5 Å². The lowest BCUT2D eigenvalue weighted by atomic mass is 10.1. The first kappa shape index (κ1) is 18.8. The average Bonchev–Trinajstić information content (AvgIpc) is 3.01. The fourth-order valence-corrected chi connectivity index (χ4v) is 3.54. The molecule has 1 atom stereocenters. The van der Waals surface area contributed by atoms with Gasteiger partial charge in [-0.1, -0.05) is 6.07 Å². The SMILES string of the molecule is CCOc1ccc(N2C(=O)c3cccnc3C2Nc2cc(C)ccc2OC)cc1. The summed E-state index contributed by atoms with van der Waals surface area (Å²) in [5.41, 5.74) is 3.94. The molecule has 0 aliphatic carbocycles. The number of aryl methyl sites for hydroxylation is 1. The van der Waals surface area contributed by atoms with Gasteiger partial charge in [0.15, 0.2) is 6.17 Å². The second kappa shape index (κ2) is 7.83. The van der Waals surface area contributed by atoms with Crippen LogP contribution >= 0.6 is 0 Å². The molecule has 0 bridgehead atoms. The van der Waals surface area contributed by atoms with E-state index in [1.807, 2.05) is 56.3 Å². The van der Waals surface area contributed by atoms with Crippen molar-refractivity contribution in [3.63, 3.8) is 0 Å². The lowest BCUT2D eigenvalue weighted by molar-refractivity contribution is 0.0993. The summed E-state index contributed by atoms with van der Waals surface area (Å²) in [5.74, 6) is 1.38. The molecule has 1 amide bonds. The number of benzene rings is 2. The Bertz CT molecular complexity index is 1030. The number of hydrogen-bond acceptors (Lipinski definition) is 5. The smallest absolute Gasteiger partial charge is 0.262 e. The van der Waals surface area contributed by atoms with Crippen LogP contribution in [0.1, 0.15) is 34.7 Å². The van der Waals surface area contributed by atoms with Crippen molar-refractivity contribution in [2.24, 2.45) is 0 Å². The Labute approximate surface area is 170 Å². The number of aromatic nitrogens is 1. The Kier molecular flexibility index (Phi) is 5.08. The van der Waals surface area contributed by atoms with Gasteiger partial charge in [-0.15, -0.1) is 0 Å². The summed E-state index contributed by atoms with van der Waals surface area (Å²) < 4.78 is 11.0. The molecule has 1 aliphatic heterocycles. The van der Waals surface area contributed by atoms with Crippen LogP contribution in [0.15, 0.2) is 60.8 Å². The van der Waals surface area contributed by atoms with Crippen molar-refractivity contribution in [3.05, 3.63) is 77.6 Å². The highest BCUT2D eigenvalue weighted by molar-refractivity contribution is 6.11. The Morgan fingerprint density at radius 1 is 1.14 bits per heavy atom. The van der Waals surface area contributed by atoms with Crippen molar-refractivity contribution in [2.75, 3.05) is 23.9 Å². The van der Waals surface area contributed by atoms with Gasteiger partial charge in [0.2, 0.25) is 0 Å². The lowest BCUT2D eigenvalue weighted by Crippen LogP contribution is -2.32. The zero-order valence-electron chi connectivity index (χ0n) is 16.7. The number of carbonyl (C=O) groups excluding carboxylic acids is 1. The molecule has 1 N–H and O–H groups in total. The zero-order chi connectivity index (χ0) is 20.4. The standard InChI is InChI=1S/C23H23N3O3/c1-4-29-17-10-8-16(9-11-17)26-22(21-18(23(26)27)6-5-13-24-21)25-19-14-15(2)7-12-20(19)28-3/h5-14,22,25H,4H2,1-3H3. The molecule has 1 aliphatic rings. The van der Waals surface area contributed by atoms with Crippen LogP contribution in [0, 0.1) is 6.92 Å². The number of fused-ring (bicyclic) bond motifs is 1. The van der Waals surface area contributed by atoms with Gasteiger partial charge in [-0.2, -0.15) is 0 Å². The summed E-state index contributed by atoms with van der Waals surface area (Å²) in [6.07, 6.45) is 1.25. The predicted molar refractivity (Wildman–Crippen MR) is 113 cm³/mol. The third-order valence-corrected chi connectivity index (χ3v) is 4.88. The summed E-state index contributed by atoms with van der Waals surface area (Å²) in [6.45, 7) is 4.55. The number of nitrogens with one attached hydrogen (secondary N) is 1. The molecule has 1 unspecified atom stereocenters. The van der Waals surface area contributed by atoms with Gasteiger partial charge >= 0.3 is 0 Å². The minimum Gasteiger partial charge on any atom is -0.495 e. The maximum absolute atomic E-state index is 13.2. The molecule has 0 saturated carbocycles. The Morgan fingerprint density at radius 3 is 2.66 bits per heavy atom. The molecular weight excluding hydrogens is 366 g/mol. The second-order valence-corrected chi connectivity index (χ2v) is 6.79. The first-order chi connectivity index (χ1) is 14.1. The number of ether oxygens (including phenoxy) is 2. The van der Waals surface area contributed by atoms with E-state index in [0.717, 1.165) is 22.7 Å². The maximum atomic E-state index is 13.2. The minimum atomic E-state index is -0.452.